The highest BCUT2D eigenvalue weighted by atomic mass is 19.1. The van der Waals surface area contributed by atoms with Crippen LogP contribution in [-0.2, 0) is 16.1 Å². The average Bonchev–Trinajstić information content (AvgIpc) is 3.35. The van der Waals surface area contributed by atoms with E-state index in [4.69, 9.17) is 0 Å². The summed E-state index contributed by atoms with van der Waals surface area (Å²) in [5.41, 5.74) is 4.51. The average molecular weight is 595 g/mol. The van der Waals surface area contributed by atoms with Crippen LogP contribution in [0.5, 0.6) is 0 Å². The monoisotopic (exact) mass is 594 g/mol. The maximum atomic E-state index is 15.1. The molecule has 2 aliphatic rings. The lowest BCUT2D eigenvalue weighted by Gasteiger charge is -2.40. The van der Waals surface area contributed by atoms with Gasteiger partial charge >= 0.3 is 0 Å². The SMILES string of the molecule is Cc1[nH]c2ccccc2c1[C@@H]1[C@H](CC(=O)N(Cc2ccccc2F)C2(C(=O)Nc3ccc(N(C)C)cc3)CCCC2)C1(C)C. The molecule has 0 aliphatic heterocycles. The maximum Gasteiger partial charge on any atom is 0.250 e. The summed E-state index contributed by atoms with van der Waals surface area (Å²) in [6.07, 6.45) is 3.07. The lowest BCUT2D eigenvalue weighted by molar-refractivity contribution is -0.146. The van der Waals surface area contributed by atoms with E-state index in [2.05, 4.69) is 49.3 Å². The third kappa shape index (κ3) is 5.27. The first-order chi connectivity index (χ1) is 21.0. The number of rotatable bonds is 9. The van der Waals surface area contributed by atoms with Crippen molar-refractivity contribution in [2.45, 2.75) is 70.9 Å². The van der Waals surface area contributed by atoms with Crippen molar-refractivity contribution in [3.8, 4) is 0 Å². The zero-order valence-corrected chi connectivity index (χ0v) is 26.4. The number of fused-ring (bicyclic) bond motifs is 1. The van der Waals surface area contributed by atoms with Crippen molar-refractivity contribution in [2.24, 2.45) is 11.3 Å². The Morgan fingerprint density at radius 2 is 1.61 bits per heavy atom. The van der Waals surface area contributed by atoms with Crippen molar-refractivity contribution in [1.29, 1.82) is 0 Å². The number of carbonyl (C=O) groups is 2. The molecule has 7 heteroatoms. The van der Waals surface area contributed by atoms with Crippen LogP contribution in [0.4, 0.5) is 15.8 Å². The van der Waals surface area contributed by atoms with Crippen LogP contribution >= 0.6 is 0 Å². The van der Waals surface area contributed by atoms with Gasteiger partial charge in [0.25, 0.3) is 0 Å². The molecule has 6 rings (SSSR count). The number of nitrogens with zero attached hydrogens (tertiary/aromatic N) is 2. The molecule has 6 nitrogen and oxygen atoms in total. The molecule has 0 unspecified atom stereocenters. The van der Waals surface area contributed by atoms with Gasteiger partial charge < -0.3 is 20.1 Å². The Kier molecular flexibility index (Phi) is 7.76. The third-order valence-electron chi connectivity index (χ3n) is 10.3. The molecule has 4 aromatic rings. The van der Waals surface area contributed by atoms with Gasteiger partial charge in [0.1, 0.15) is 11.4 Å². The number of carbonyl (C=O) groups excluding carboxylic acids is 2. The van der Waals surface area contributed by atoms with Crippen LogP contribution in [0, 0.1) is 24.1 Å². The molecule has 2 N–H and O–H groups in total. The standard InChI is InChI=1S/C37H43FN4O2/c1-24-33(28-13-7-9-15-31(28)39-24)34-29(36(34,2)3)22-32(43)42(23-25-12-6-8-14-30(25)38)37(20-10-11-21-37)35(44)40-26-16-18-27(19-17-26)41(4)5/h6-9,12-19,29,34,39H,10-11,20-23H2,1-5H3,(H,40,44)/t29-,34-/m0/s1. The molecule has 2 atom stereocenters. The molecule has 2 aliphatic carbocycles. The van der Waals surface area contributed by atoms with Crippen LogP contribution in [0.2, 0.25) is 0 Å². The fraction of sp³-hybridized carbons (Fsp3) is 0.405. The van der Waals surface area contributed by atoms with Crippen LogP contribution in [0.3, 0.4) is 0 Å². The first kappa shape index (κ1) is 29.9. The van der Waals surface area contributed by atoms with Gasteiger partial charge in [-0.2, -0.15) is 0 Å². The highest BCUT2D eigenvalue weighted by molar-refractivity contribution is 6.01. The van der Waals surface area contributed by atoms with Gasteiger partial charge in [0.15, 0.2) is 0 Å². The molecule has 2 amide bonds. The number of aromatic nitrogens is 1. The summed E-state index contributed by atoms with van der Waals surface area (Å²) in [7, 11) is 3.94. The Morgan fingerprint density at radius 3 is 2.30 bits per heavy atom. The Bertz CT molecular complexity index is 1680. The molecular weight excluding hydrogens is 551 g/mol. The first-order valence-electron chi connectivity index (χ1n) is 15.7. The lowest BCUT2D eigenvalue weighted by atomic mass is 9.91. The topological polar surface area (TPSA) is 68.4 Å². The summed E-state index contributed by atoms with van der Waals surface area (Å²) >= 11 is 0. The minimum absolute atomic E-state index is 0.0580. The molecule has 2 fully saturated rings. The van der Waals surface area contributed by atoms with E-state index in [9.17, 15) is 9.59 Å². The van der Waals surface area contributed by atoms with E-state index in [1.54, 1.807) is 23.1 Å². The van der Waals surface area contributed by atoms with E-state index in [0.717, 1.165) is 29.7 Å². The van der Waals surface area contributed by atoms with Crippen LogP contribution in [-0.4, -0.2) is 41.3 Å². The van der Waals surface area contributed by atoms with Gasteiger partial charge in [-0.15, -0.1) is 0 Å². The van der Waals surface area contributed by atoms with E-state index in [-0.39, 0.29) is 41.4 Å². The van der Waals surface area contributed by atoms with Crippen molar-refractivity contribution >= 4 is 34.1 Å². The van der Waals surface area contributed by atoms with Gasteiger partial charge in [-0.1, -0.05) is 63.1 Å². The number of hydrogen-bond acceptors (Lipinski definition) is 3. The molecule has 1 aromatic heterocycles. The van der Waals surface area contributed by atoms with Crippen LogP contribution in [0.25, 0.3) is 10.9 Å². The zero-order chi connectivity index (χ0) is 31.2. The molecule has 0 saturated heterocycles. The highest BCUT2D eigenvalue weighted by Gasteiger charge is 2.60. The smallest absolute Gasteiger partial charge is 0.250 e. The molecule has 230 valence electrons. The fourth-order valence-electron chi connectivity index (χ4n) is 7.64. The fourth-order valence-corrected chi connectivity index (χ4v) is 7.64. The normalized spacial score (nSPS) is 20.0. The van der Waals surface area contributed by atoms with Crippen LogP contribution < -0.4 is 10.2 Å². The Morgan fingerprint density at radius 1 is 0.955 bits per heavy atom. The second-order valence-electron chi connectivity index (χ2n) is 13.5. The maximum absolute atomic E-state index is 15.1. The Balaban J connectivity index is 1.32. The van der Waals surface area contributed by atoms with Gasteiger partial charge in [0.2, 0.25) is 11.8 Å². The minimum Gasteiger partial charge on any atom is -0.378 e. The van der Waals surface area contributed by atoms with Crippen LogP contribution in [0.15, 0.2) is 72.8 Å². The van der Waals surface area contributed by atoms with Gasteiger partial charge in [-0.25, -0.2) is 4.39 Å². The van der Waals surface area contributed by atoms with Crippen molar-refractivity contribution in [1.82, 2.24) is 9.88 Å². The quantitative estimate of drug-likeness (QED) is 0.208. The minimum atomic E-state index is -1.05. The summed E-state index contributed by atoms with van der Waals surface area (Å²) < 4.78 is 15.1. The number of benzene rings is 3. The van der Waals surface area contributed by atoms with E-state index in [1.165, 1.54) is 17.0 Å². The zero-order valence-electron chi connectivity index (χ0n) is 26.4. The van der Waals surface area contributed by atoms with Crippen molar-refractivity contribution in [3.05, 3.63) is 95.4 Å². The number of aromatic amines is 1. The van der Waals surface area contributed by atoms with Crippen molar-refractivity contribution in [3.63, 3.8) is 0 Å². The molecule has 1 heterocycles. The van der Waals surface area contributed by atoms with E-state index in [0.29, 0.717) is 30.5 Å². The summed E-state index contributed by atoms with van der Waals surface area (Å²) in [5, 5.41) is 4.32. The molecule has 0 bridgehead atoms. The number of halogens is 1. The number of para-hydroxylation sites is 1. The Labute approximate surface area is 259 Å². The number of anilines is 2. The van der Waals surface area contributed by atoms with Gasteiger partial charge in [-0.3, -0.25) is 9.59 Å². The summed E-state index contributed by atoms with van der Waals surface area (Å²) in [6.45, 7) is 6.62. The largest absolute Gasteiger partial charge is 0.378 e. The second kappa shape index (κ2) is 11.4. The van der Waals surface area contributed by atoms with Gasteiger partial charge in [0.05, 0.1) is 0 Å². The summed E-state index contributed by atoms with van der Waals surface area (Å²) in [6, 6.07) is 22.6. The molecule has 0 radical (unpaired) electrons. The number of hydrogen-bond donors (Lipinski definition) is 2. The highest BCUT2D eigenvalue weighted by Crippen LogP contribution is 2.67. The van der Waals surface area contributed by atoms with Gasteiger partial charge in [-0.05, 0) is 79.0 Å². The molecular formula is C37H43FN4O2. The summed E-state index contributed by atoms with van der Waals surface area (Å²) in [4.78, 5) is 36.0. The molecule has 2 saturated carbocycles. The summed E-state index contributed by atoms with van der Waals surface area (Å²) in [5.74, 6) is -0.336. The Hall–Kier alpha value is -4.13. The molecule has 3 aromatic carbocycles. The van der Waals surface area contributed by atoms with E-state index in [1.807, 2.05) is 49.3 Å². The second-order valence-corrected chi connectivity index (χ2v) is 13.5. The lowest BCUT2D eigenvalue weighted by Crippen LogP contribution is -2.57. The third-order valence-corrected chi connectivity index (χ3v) is 10.3. The van der Waals surface area contributed by atoms with Crippen molar-refractivity contribution < 1.29 is 14.0 Å². The van der Waals surface area contributed by atoms with Gasteiger partial charge in [0, 0.05) is 60.6 Å². The van der Waals surface area contributed by atoms with E-state index >= 15 is 4.39 Å². The number of amides is 2. The van der Waals surface area contributed by atoms with E-state index < -0.39 is 5.54 Å². The van der Waals surface area contributed by atoms with Crippen molar-refractivity contribution in [2.75, 3.05) is 24.3 Å². The number of H-pyrrole nitrogens is 1. The molecule has 0 spiro atoms. The molecule has 44 heavy (non-hydrogen) atoms. The predicted molar refractivity (Wildman–Crippen MR) is 175 cm³/mol. The number of aryl methyl sites for hydroxylation is 1. The first-order valence-corrected chi connectivity index (χ1v) is 15.7. The van der Waals surface area contributed by atoms with Crippen LogP contribution in [0.1, 0.15) is 68.7 Å². The number of nitrogens with one attached hydrogen (secondary N) is 2. The predicted octanol–water partition coefficient (Wildman–Crippen LogP) is 7.79.